The molecule has 106 valence electrons. The lowest BCUT2D eigenvalue weighted by atomic mass is 9.93. The molecule has 1 unspecified atom stereocenters. The second-order valence-corrected chi connectivity index (χ2v) is 8.75. The summed E-state index contributed by atoms with van der Waals surface area (Å²) in [4.78, 5) is 1.55. The van der Waals surface area contributed by atoms with Gasteiger partial charge in [0.05, 0.1) is 3.79 Å². The molecule has 0 radical (unpaired) electrons. The fourth-order valence-electron chi connectivity index (χ4n) is 2.84. The quantitative estimate of drug-likeness (QED) is 0.649. The van der Waals surface area contributed by atoms with Crippen LogP contribution in [-0.2, 0) is 6.42 Å². The highest BCUT2D eigenvalue weighted by Crippen LogP contribution is 2.38. The molecule has 1 N–H and O–H groups in total. The number of aryl methyl sites for hydroxylation is 1. The summed E-state index contributed by atoms with van der Waals surface area (Å²) in [5.41, 5.74) is 2.84. The molecule has 0 saturated heterocycles. The molecule has 4 heteroatoms. The Bertz CT molecular complexity index is 591. The van der Waals surface area contributed by atoms with E-state index >= 15 is 0 Å². The lowest BCUT2D eigenvalue weighted by Crippen LogP contribution is -2.27. The summed E-state index contributed by atoms with van der Waals surface area (Å²) in [7, 11) is 0. The monoisotopic (exact) mass is 413 g/mol. The van der Waals surface area contributed by atoms with Crippen LogP contribution < -0.4 is 5.32 Å². The summed E-state index contributed by atoms with van der Waals surface area (Å²) < 4.78 is 2.39. The molecule has 1 aromatic heterocycles. The molecule has 20 heavy (non-hydrogen) atoms. The van der Waals surface area contributed by atoms with Gasteiger partial charge < -0.3 is 5.32 Å². The number of hydrogen-bond donors (Lipinski definition) is 1. The number of halogens is 2. The highest BCUT2D eigenvalue weighted by atomic mass is 79.9. The van der Waals surface area contributed by atoms with Gasteiger partial charge in [-0.05, 0) is 71.4 Å². The number of nitrogens with one attached hydrogen (secondary N) is 1. The van der Waals surface area contributed by atoms with Gasteiger partial charge in [0, 0.05) is 21.4 Å². The maximum absolute atomic E-state index is 3.79. The third kappa shape index (κ3) is 3.19. The van der Waals surface area contributed by atoms with E-state index in [1.165, 1.54) is 34.2 Å². The summed E-state index contributed by atoms with van der Waals surface area (Å²) in [6, 6.07) is 11.8. The SMILES string of the molecule is C[C@H](NC1CCCc2sc(Br)cc21)c1ccc(Br)cc1. The van der Waals surface area contributed by atoms with Crippen molar-refractivity contribution in [2.24, 2.45) is 0 Å². The Kier molecular flexibility index (Phi) is 4.65. The maximum Gasteiger partial charge on any atom is 0.0704 e. The first kappa shape index (κ1) is 14.8. The zero-order valence-corrected chi connectivity index (χ0v) is 15.3. The lowest BCUT2D eigenvalue weighted by molar-refractivity contribution is 0.418. The minimum atomic E-state index is 0.373. The van der Waals surface area contributed by atoms with Gasteiger partial charge in [0.25, 0.3) is 0 Å². The van der Waals surface area contributed by atoms with E-state index in [2.05, 4.69) is 74.4 Å². The molecule has 0 fully saturated rings. The first-order valence-electron chi connectivity index (χ1n) is 6.93. The van der Waals surface area contributed by atoms with Crippen LogP contribution in [0.5, 0.6) is 0 Å². The normalized spacial score (nSPS) is 19.6. The number of fused-ring (bicyclic) bond motifs is 1. The topological polar surface area (TPSA) is 12.0 Å². The van der Waals surface area contributed by atoms with Crippen molar-refractivity contribution in [1.29, 1.82) is 0 Å². The molecular formula is C16H17Br2NS. The van der Waals surface area contributed by atoms with Crippen LogP contribution >= 0.6 is 43.2 Å². The van der Waals surface area contributed by atoms with Crippen LogP contribution in [0, 0.1) is 0 Å². The third-order valence-corrected chi connectivity index (χ3v) is 6.15. The summed E-state index contributed by atoms with van der Waals surface area (Å²) in [5.74, 6) is 0. The highest BCUT2D eigenvalue weighted by Gasteiger charge is 2.24. The van der Waals surface area contributed by atoms with Crippen molar-refractivity contribution in [1.82, 2.24) is 5.32 Å². The number of thiophene rings is 1. The minimum Gasteiger partial charge on any atom is -0.303 e. The van der Waals surface area contributed by atoms with E-state index in [-0.39, 0.29) is 0 Å². The van der Waals surface area contributed by atoms with Crippen LogP contribution in [0.4, 0.5) is 0 Å². The van der Waals surface area contributed by atoms with E-state index < -0.39 is 0 Å². The van der Waals surface area contributed by atoms with Crippen molar-refractivity contribution < 1.29 is 0 Å². The molecule has 0 spiro atoms. The van der Waals surface area contributed by atoms with Crippen LogP contribution in [-0.4, -0.2) is 0 Å². The van der Waals surface area contributed by atoms with E-state index in [1.807, 2.05) is 11.3 Å². The van der Waals surface area contributed by atoms with Gasteiger partial charge in [-0.2, -0.15) is 0 Å². The minimum absolute atomic E-state index is 0.373. The maximum atomic E-state index is 3.79. The van der Waals surface area contributed by atoms with Gasteiger partial charge in [-0.15, -0.1) is 11.3 Å². The van der Waals surface area contributed by atoms with Gasteiger partial charge in [-0.1, -0.05) is 28.1 Å². The van der Waals surface area contributed by atoms with Crippen molar-refractivity contribution in [3.8, 4) is 0 Å². The van der Waals surface area contributed by atoms with Crippen LogP contribution in [0.3, 0.4) is 0 Å². The molecule has 0 bridgehead atoms. The average molecular weight is 415 g/mol. The van der Waals surface area contributed by atoms with E-state index in [1.54, 1.807) is 4.88 Å². The van der Waals surface area contributed by atoms with Crippen LogP contribution in [0.1, 0.15) is 47.9 Å². The van der Waals surface area contributed by atoms with Gasteiger partial charge >= 0.3 is 0 Å². The molecular weight excluding hydrogens is 398 g/mol. The number of benzene rings is 1. The predicted molar refractivity (Wildman–Crippen MR) is 93.4 cm³/mol. The lowest BCUT2D eigenvalue weighted by Gasteiger charge is -2.27. The Hall–Kier alpha value is -0.160. The molecule has 1 aliphatic carbocycles. The number of rotatable bonds is 3. The standard InChI is InChI=1S/C16H17Br2NS/c1-10(11-5-7-12(17)8-6-11)19-14-3-2-4-15-13(14)9-16(18)20-15/h5-10,14,19H,2-4H2,1H3/t10-,14?/m0/s1. The summed E-state index contributed by atoms with van der Waals surface area (Å²) in [6.45, 7) is 2.25. The van der Waals surface area contributed by atoms with Crippen molar-refractivity contribution in [2.75, 3.05) is 0 Å². The molecule has 2 atom stereocenters. The average Bonchev–Trinajstić information content (AvgIpc) is 2.81. The molecule has 0 saturated carbocycles. The van der Waals surface area contributed by atoms with Crippen molar-refractivity contribution in [3.05, 3.63) is 54.6 Å². The Morgan fingerprint density at radius 2 is 2.00 bits per heavy atom. The van der Waals surface area contributed by atoms with Gasteiger partial charge in [-0.3, -0.25) is 0 Å². The Labute approximate surface area is 141 Å². The molecule has 0 aliphatic heterocycles. The molecule has 2 aromatic rings. The van der Waals surface area contributed by atoms with Crippen LogP contribution in [0.15, 0.2) is 38.6 Å². The molecule has 0 amide bonds. The van der Waals surface area contributed by atoms with Crippen LogP contribution in [0.25, 0.3) is 0 Å². The van der Waals surface area contributed by atoms with Gasteiger partial charge in [0.2, 0.25) is 0 Å². The van der Waals surface area contributed by atoms with Crippen molar-refractivity contribution >= 4 is 43.2 Å². The predicted octanol–water partition coefficient (Wildman–Crippen LogP) is 6.00. The van der Waals surface area contributed by atoms with Gasteiger partial charge in [0.1, 0.15) is 0 Å². The summed E-state index contributed by atoms with van der Waals surface area (Å²) in [6.07, 6.45) is 3.75. The fraction of sp³-hybridized carbons (Fsp3) is 0.375. The van der Waals surface area contributed by atoms with E-state index in [4.69, 9.17) is 0 Å². The Morgan fingerprint density at radius 1 is 1.25 bits per heavy atom. The Morgan fingerprint density at radius 3 is 2.75 bits per heavy atom. The summed E-state index contributed by atoms with van der Waals surface area (Å²) in [5, 5.41) is 3.79. The van der Waals surface area contributed by atoms with Crippen LogP contribution in [0.2, 0.25) is 0 Å². The molecule has 1 nitrogen and oxygen atoms in total. The Balaban J connectivity index is 1.76. The van der Waals surface area contributed by atoms with E-state index in [0.29, 0.717) is 12.1 Å². The second kappa shape index (κ2) is 6.30. The molecule has 3 rings (SSSR count). The second-order valence-electron chi connectivity index (χ2n) is 5.31. The van der Waals surface area contributed by atoms with Gasteiger partial charge in [-0.25, -0.2) is 0 Å². The highest BCUT2D eigenvalue weighted by molar-refractivity contribution is 9.11. The first-order chi connectivity index (χ1) is 9.63. The smallest absolute Gasteiger partial charge is 0.0704 e. The van der Waals surface area contributed by atoms with E-state index in [9.17, 15) is 0 Å². The zero-order valence-electron chi connectivity index (χ0n) is 11.3. The fourth-order valence-corrected chi connectivity index (χ4v) is 4.93. The molecule has 1 aromatic carbocycles. The largest absolute Gasteiger partial charge is 0.303 e. The molecule has 1 aliphatic rings. The third-order valence-electron chi connectivity index (χ3n) is 3.90. The molecule has 1 heterocycles. The van der Waals surface area contributed by atoms with Gasteiger partial charge in [0.15, 0.2) is 0 Å². The van der Waals surface area contributed by atoms with Crippen molar-refractivity contribution in [2.45, 2.75) is 38.3 Å². The summed E-state index contributed by atoms with van der Waals surface area (Å²) >= 11 is 9.01. The van der Waals surface area contributed by atoms with E-state index in [0.717, 1.165) is 4.47 Å². The zero-order chi connectivity index (χ0) is 14.1. The van der Waals surface area contributed by atoms with Crippen molar-refractivity contribution in [3.63, 3.8) is 0 Å². The number of hydrogen-bond acceptors (Lipinski definition) is 2. The first-order valence-corrected chi connectivity index (χ1v) is 9.33.